The first-order valence-electron chi connectivity index (χ1n) is 21.0. The number of benzene rings is 5. The topological polar surface area (TPSA) is 52.2 Å². The molecule has 7 rings (SSSR count). The Kier molecular flexibility index (Phi) is 16.3. The molecule has 0 saturated carbocycles. The van der Waals surface area contributed by atoms with E-state index >= 15 is 0 Å². The van der Waals surface area contributed by atoms with E-state index in [0.29, 0.717) is 48.5 Å². The number of hydrogen-bond donors (Lipinski definition) is 1. The van der Waals surface area contributed by atoms with E-state index in [2.05, 4.69) is 10.2 Å². The first kappa shape index (κ1) is 52.3. The molecular weight excluding hydrogens is 935 g/mol. The van der Waals surface area contributed by atoms with Crippen molar-refractivity contribution >= 4 is 0 Å². The summed E-state index contributed by atoms with van der Waals surface area (Å²) in [7, 11) is 0. The summed E-state index contributed by atoms with van der Waals surface area (Å²) >= 11 is 0. The zero-order chi connectivity index (χ0) is 49.8. The maximum atomic E-state index is 13.7. The van der Waals surface area contributed by atoms with E-state index in [0.717, 1.165) is 5.56 Å². The lowest BCUT2D eigenvalue weighted by Crippen LogP contribution is -2.47. The van der Waals surface area contributed by atoms with E-state index in [4.69, 9.17) is 18.9 Å². The highest BCUT2D eigenvalue weighted by molar-refractivity contribution is 5.36. The summed E-state index contributed by atoms with van der Waals surface area (Å²) in [4.78, 5) is 2.07. The number of morpholine rings is 2. The largest absolute Gasteiger partial charge is 0.416 e. The van der Waals surface area contributed by atoms with Crippen molar-refractivity contribution < 1.29 is 80.4 Å². The van der Waals surface area contributed by atoms with Crippen molar-refractivity contribution in [2.24, 2.45) is 0 Å². The summed E-state index contributed by atoms with van der Waals surface area (Å²) in [6.45, 7) is 6.04. The summed E-state index contributed by atoms with van der Waals surface area (Å²) in [5, 5.41) is 3.10. The van der Waals surface area contributed by atoms with Gasteiger partial charge in [-0.3, -0.25) is 4.90 Å². The van der Waals surface area contributed by atoms with Crippen LogP contribution in [0, 0.1) is 11.6 Å². The molecule has 20 heteroatoms. The summed E-state index contributed by atoms with van der Waals surface area (Å²) in [5.41, 5.74) is -4.03. The van der Waals surface area contributed by atoms with Gasteiger partial charge in [0.1, 0.15) is 11.6 Å². The smallest absolute Gasteiger partial charge is 0.349 e. The third-order valence-electron chi connectivity index (χ3n) is 11.3. The monoisotopic (exact) mass is 978 g/mol. The summed E-state index contributed by atoms with van der Waals surface area (Å²) in [5.74, 6) is -0.910. The van der Waals surface area contributed by atoms with E-state index in [1.807, 2.05) is 37.3 Å². The molecule has 0 radical (unpaired) electrons. The number of halogens is 14. The van der Waals surface area contributed by atoms with Gasteiger partial charge in [-0.05, 0) is 109 Å². The quantitative estimate of drug-likeness (QED) is 0.141. The van der Waals surface area contributed by atoms with Crippen LogP contribution in [0.25, 0.3) is 0 Å². The van der Waals surface area contributed by atoms with E-state index in [-0.39, 0.29) is 42.5 Å². The van der Waals surface area contributed by atoms with E-state index < -0.39 is 95.5 Å². The van der Waals surface area contributed by atoms with Crippen molar-refractivity contribution in [3.05, 3.63) is 177 Å². The molecule has 2 unspecified atom stereocenters. The Morgan fingerprint density at radius 3 is 1.37 bits per heavy atom. The Balaban J connectivity index is 0.000000230. The Bertz CT molecular complexity index is 2350. The number of nitrogens with zero attached hydrogens (tertiary/aromatic N) is 1. The van der Waals surface area contributed by atoms with E-state index in [9.17, 15) is 61.5 Å². The molecule has 2 aliphatic heterocycles. The van der Waals surface area contributed by atoms with Crippen LogP contribution in [0.4, 0.5) is 61.5 Å². The number of nitrogens with one attached hydrogen (secondary N) is 1. The second-order valence-corrected chi connectivity index (χ2v) is 16.0. The van der Waals surface area contributed by atoms with Crippen LogP contribution in [0.5, 0.6) is 0 Å². The van der Waals surface area contributed by atoms with Crippen LogP contribution < -0.4 is 5.32 Å². The molecule has 2 aliphatic rings. The number of hydrogen-bond acceptors (Lipinski definition) is 6. The van der Waals surface area contributed by atoms with Gasteiger partial charge in [-0.2, -0.15) is 52.7 Å². The summed E-state index contributed by atoms with van der Waals surface area (Å²) < 4.78 is 209. The first-order chi connectivity index (χ1) is 31.8. The standard InChI is InChI=1S/C28H26F7NO2.C20H18F7NO2/c1-17(19-6-4-3-5-7-19)36-12-13-37-26(25(36)20-8-10-24(29)11-9-20)38-18(2)21-14-22(27(30,31)32)16-23(15-21)28(33,34)35;1-11(13-8-14(19(22,23)24)10-15(9-13)20(25,26)27)30-18-17(28-6-7-29-18)12-2-4-16(21)5-3-12/h3-11,14-18,25-26H,12-13H2,1-2H3;2-5,8-11,17-18,28H,6-7H2,1H3/t17-,18-,25-,26?;11-,17-,18?/m11/s1. The molecule has 5 aromatic carbocycles. The van der Waals surface area contributed by atoms with Crippen LogP contribution in [0.3, 0.4) is 0 Å². The Labute approximate surface area is 381 Å². The van der Waals surface area contributed by atoms with Crippen molar-refractivity contribution in [3.63, 3.8) is 0 Å². The molecule has 68 heavy (non-hydrogen) atoms. The van der Waals surface area contributed by atoms with Crippen LogP contribution in [0.15, 0.2) is 115 Å². The minimum atomic E-state index is -4.98. The first-order valence-corrected chi connectivity index (χ1v) is 21.0. The molecule has 6 nitrogen and oxygen atoms in total. The molecule has 2 heterocycles. The van der Waals surface area contributed by atoms with E-state index in [1.165, 1.54) is 50.2 Å². The summed E-state index contributed by atoms with van der Waals surface area (Å²) in [6, 6.07) is 22.0. The molecule has 0 aliphatic carbocycles. The van der Waals surface area contributed by atoms with Crippen molar-refractivity contribution in [2.45, 2.75) is 88.4 Å². The predicted octanol–water partition coefficient (Wildman–Crippen LogP) is 13.7. The molecule has 2 saturated heterocycles. The SMILES string of the molecule is C[C@@H](OC1OCCN[C@@H]1c1ccc(F)cc1)c1cc(C(F)(F)F)cc(C(F)(F)F)c1.C[C@H](c1ccccc1)N1CCOC(O[C@H](C)c2cc(C(F)(F)F)cc(C(F)(F)F)c2)[C@H]1c1ccc(F)cc1. The van der Waals surface area contributed by atoms with Crippen molar-refractivity contribution in [3.8, 4) is 0 Å². The lowest BCUT2D eigenvalue weighted by atomic mass is 9.98. The minimum absolute atomic E-state index is 0.0657. The molecule has 1 N–H and O–H groups in total. The van der Waals surface area contributed by atoms with Gasteiger partial charge in [0, 0.05) is 19.1 Å². The number of ether oxygens (including phenoxy) is 4. The highest BCUT2D eigenvalue weighted by Gasteiger charge is 2.42. The van der Waals surface area contributed by atoms with Gasteiger partial charge >= 0.3 is 24.7 Å². The van der Waals surface area contributed by atoms with Gasteiger partial charge in [0.05, 0.1) is 59.8 Å². The Morgan fingerprint density at radius 2 is 0.926 bits per heavy atom. The Morgan fingerprint density at radius 1 is 0.515 bits per heavy atom. The number of alkyl halides is 12. The second kappa shape index (κ2) is 21.3. The molecular formula is C48H44F14N2O4. The molecule has 0 bridgehead atoms. The van der Waals surface area contributed by atoms with Gasteiger partial charge in [-0.1, -0.05) is 54.6 Å². The van der Waals surface area contributed by atoms with Crippen molar-refractivity contribution in [2.75, 3.05) is 26.3 Å². The maximum absolute atomic E-state index is 13.7. The average molecular weight is 979 g/mol. The van der Waals surface area contributed by atoms with Gasteiger partial charge in [0.15, 0.2) is 12.6 Å². The van der Waals surface area contributed by atoms with Crippen LogP contribution in [0.2, 0.25) is 0 Å². The highest BCUT2D eigenvalue weighted by Crippen LogP contribution is 2.43. The normalized spacial score (nSPS) is 21.1. The van der Waals surface area contributed by atoms with Crippen molar-refractivity contribution in [1.82, 2.24) is 10.2 Å². The zero-order valence-electron chi connectivity index (χ0n) is 36.2. The molecule has 0 aromatic heterocycles. The third kappa shape index (κ3) is 13.3. The van der Waals surface area contributed by atoms with Crippen molar-refractivity contribution in [1.29, 1.82) is 0 Å². The predicted molar refractivity (Wildman–Crippen MR) is 219 cm³/mol. The van der Waals surface area contributed by atoms with Crippen LogP contribution in [0.1, 0.15) is 101 Å². The molecule has 5 aromatic rings. The van der Waals surface area contributed by atoms with Crippen LogP contribution in [-0.4, -0.2) is 43.8 Å². The molecule has 0 amide bonds. The second-order valence-electron chi connectivity index (χ2n) is 16.0. The zero-order valence-corrected chi connectivity index (χ0v) is 36.2. The average Bonchev–Trinajstić information content (AvgIpc) is 3.28. The molecule has 2 fully saturated rings. The fraction of sp³-hybridized carbons (Fsp3) is 0.375. The highest BCUT2D eigenvalue weighted by atomic mass is 19.4. The van der Waals surface area contributed by atoms with Gasteiger partial charge in [-0.15, -0.1) is 0 Å². The molecule has 368 valence electrons. The van der Waals surface area contributed by atoms with Crippen LogP contribution in [-0.2, 0) is 43.7 Å². The minimum Gasteiger partial charge on any atom is -0.349 e. The maximum Gasteiger partial charge on any atom is 0.416 e. The summed E-state index contributed by atoms with van der Waals surface area (Å²) in [6.07, 6.45) is -24.2. The Hall–Kier alpha value is -5.12. The molecule has 7 atom stereocenters. The lowest BCUT2D eigenvalue weighted by molar-refractivity contribution is -0.235. The van der Waals surface area contributed by atoms with E-state index in [1.54, 1.807) is 12.1 Å². The lowest BCUT2D eigenvalue weighted by Gasteiger charge is -2.45. The fourth-order valence-electron chi connectivity index (χ4n) is 7.77. The molecule has 0 spiro atoms. The van der Waals surface area contributed by atoms with Gasteiger partial charge in [0.25, 0.3) is 0 Å². The van der Waals surface area contributed by atoms with Gasteiger partial charge in [-0.25, -0.2) is 8.78 Å². The fourth-order valence-corrected chi connectivity index (χ4v) is 7.77. The third-order valence-corrected chi connectivity index (χ3v) is 11.3. The number of rotatable bonds is 10. The van der Waals surface area contributed by atoms with Gasteiger partial charge < -0.3 is 24.3 Å². The van der Waals surface area contributed by atoms with Gasteiger partial charge in [0.2, 0.25) is 0 Å². The van der Waals surface area contributed by atoms with Crippen LogP contribution >= 0.6 is 0 Å².